The lowest BCUT2D eigenvalue weighted by molar-refractivity contribution is -0.139. The zero-order chi connectivity index (χ0) is 83.3. The van der Waals surface area contributed by atoms with Crippen LogP contribution in [0.4, 0.5) is 14.4 Å². The third-order valence-corrected chi connectivity index (χ3v) is 18.1. The number of nitrogens with two attached hydrogens (primary N) is 3. The second-order valence-corrected chi connectivity index (χ2v) is 30.5. The predicted octanol–water partition coefficient (Wildman–Crippen LogP) is 10.3. The first-order chi connectivity index (χ1) is 53.1. The monoisotopic (exact) mass is 1660 g/mol. The summed E-state index contributed by atoms with van der Waals surface area (Å²) in [6, 6.07) is 49.2. The molecule has 0 heterocycles. The summed E-state index contributed by atoms with van der Waals surface area (Å²) in [5, 5.41) is 58.1. The normalized spacial score (nSPS) is 11.7. The van der Waals surface area contributed by atoms with Gasteiger partial charge in [0.1, 0.15) is 84.2 Å². The molecule has 0 aliphatic rings. The molecule has 0 spiro atoms. The highest BCUT2D eigenvalue weighted by molar-refractivity contribution is 8.13. The number of carbonyl (C=O) groups is 7. The Morgan fingerprint density at radius 2 is 0.814 bits per heavy atom. The molecule has 4 atom stereocenters. The van der Waals surface area contributed by atoms with E-state index in [4.69, 9.17) is 90.2 Å². The van der Waals surface area contributed by atoms with E-state index in [9.17, 15) is 60.8 Å². The molecule has 0 aliphatic heterocycles. The van der Waals surface area contributed by atoms with E-state index in [0.29, 0.717) is 30.8 Å². The number of hydrogen-bond donors (Lipinski definition) is 12. The van der Waals surface area contributed by atoms with E-state index in [1.54, 1.807) is 48.5 Å². The number of aliphatic hydroxyl groups excluding tert-OH is 2. The van der Waals surface area contributed by atoms with Gasteiger partial charge in [0.05, 0.1) is 45.1 Å². The largest absolute Gasteiger partial charge is 0.480 e. The minimum absolute atomic E-state index is 0. The van der Waals surface area contributed by atoms with Crippen molar-refractivity contribution in [1.82, 2.24) is 31.3 Å². The summed E-state index contributed by atoms with van der Waals surface area (Å²) < 4.78 is 76.3. The van der Waals surface area contributed by atoms with Crippen LogP contribution >= 0.6 is 33.9 Å². The molecule has 0 saturated carbocycles. The number of benzene rings is 7. The number of carbonyl (C=O) groups excluding carboxylic acids is 6. The number of aliphatic carboxylic acids is 1. The number of nitrogens with zero attached hydrogens (tertiary/aromatic N) is 2. The molecule has 0 saturated heterocycles. The van der Waals surface area contributed by atoms with Crippen molar-refractivity contribution >= 4 is 94.8 Å². The molecule has 1 unspecified atom stereocenters. The molecule has 7 aromatic rings. The van der Waals surface area contributed by atoms with Crippen molar-refractivity contribution in [2.24, 2.45) is 35.0 Å². The fraction of sp³-hybridized carbons (Fsp3) is 0.346. The summed E-state index contributed by atoms with van der Waals surface area (Å²) >= 11 is 11.9. The highest BCUT2D eigenvalue weighted by atomic mass is 35.7. The molecule has 0 bridgehead atoms. The molecule has 0 aromatic heterocycles. The van der Waals surface area contributed by atoms with Crippen LogP contribution in [0.1, 0.15) is 96.0 Å². The SMILES string of the molecule is C.CC(C)C[C@H](NC(=O)OCc1ccccc1)C(=O)NCC(=O)CNS(=O)(=O)c1ccc(Oc2cccc(Cl)c2C#N)cc1.CC(C)C[C@H](NC(=O)OCc1ccccc1)C(=O)NCC(O)CN.CC(C)C[C@H](NC(=O)OCc1ccccc1)C(=O)O.N#Cc1c(Cl)cccc1Oc1ccc(S(=O)(=O)Cl)cc1.NCC(O)CN. The van der Waals surface area contributed by atoms with E-state index < -0.39 is 98.4 Å². The Kier molecular flexibility index (Phi) is 46.0. The number of rotatable bonds is 34. The molecule has 0 aliphatic carbocycles. The topological polar surface area (TPSA) is 492 Å². The number of Topliss-reactive ketones (excluding diaryl/α,β-unsaturated/α-hetero) is 1. The van der Waals surface area contributed by atoms with Gasteiger partial charge in [0.15, 0.2) is 5.78 Å². The van der Waals surface area contributed by atoms with E-state index in [1.165, 1.54) is 48.5 Å². The third-order valence-electron chi connectivity index (χ3n) is 14.7. The predicted molar refractivity (Wildman–Crippen MR) is 427 cm³/mol. The number of carboxylic acid groups (broad SMARTS) is 1. The molecule has 7 aromatic carbocycles. The third kappa shape index (κ3) is 40.0. The zero-order valence-corrected chi connectivity index (χ0v) is 66.2. The maximum Gasteiger partial charge on any atom is 0.408 e. The van der Waals surface area contributed by atoms with Crippen LogP contribution in [0.5, 0.6) is 23.0 Å². The van der Waals surface area contributed by atoms with Gasteiger partial charge < -0.3 is 82.8 Å². The van der Waals surface area contributed by atoms with Crippen LogP contribution in [0.2, 0.25) is 10.0 Å². The maximum absolute atomic E-state index is 12.7. The van der Waals surface area contributed by atoms with Gasteiger partial charge in [-0.3, -0.25) is 14.4 Å². The van der Waals surface area contributed by atoms with Crippen LogP contribution < -0.4 is 58.0 Å². The number of ketones is 1. The van der Waals surface area contributed by atoms with Gasteiger partial charge in [0.2, 0.25) is 21.8 Å². The molecule has 0 radical (unpaired) electrons. The van der Waals surface area contributed by atoms with Crippen LogP contribution in [0.15, 0.2) is 186 Å². The Labute approximate surface area is 673 Å². The number of carboxylic acids is 1. The van der Waals surface area contributed by atoms with Crippen molar-refractivity contribution < 1.29 is 89.4 Å². The van der Waals surface area contributed by atoms with Crippen LogP contribution in [-0.4, -0.2) is 144 Å². The van der Waals surface area contributed by atoms with Gasteiger partial charge in [0, 0.05) is 36.9 Å². The van der Waals surface area contributed by atoms with Crippen LogP contribution in [-0.2, 0) is 72.3 Å². The second kappa shape index (κ2) is 52.7. The molecule has 113 heavy (non-hydrogen) atoms. The van der Waals surface area contributed by atoms with Gasteiger partial charge >= 0.3 is 24.2 Å². The first-order valence-corrected chi connectivity index (χ1v) is 39.2. The number of nitrogens with one attached hydrogen (secondary N) is 6. The number of alkyl carbamates (subject to hydrolysis) is 3. The molecule has 5 amide bonds. The minimum atomic E-state index is -4.07. The molecule has 30 nitrogen and oxygen atoms in total. The number of amides is 5. The maximum atomic E-state index is 12.7. The van der Waals surface area contributed by atoms with Crippen molar-refractivity contribution in [3.63, 3.8) is 0 Å². The molecule has 15 N–H and O–H groups in total. The Bertz CT molecular complexity index is 4410. The van der Waals surface area contributed by atoms with Gasteiger partial charge in [-0.15, -0.1) is 0 Å². The Balaban J connectivity index is 0.000000527. The molecule has 35 heteroatoms. The van der Waals surface area contributed by atoms with Crippen molar-refractivity contribution in [3.8, 4) is 35.1 Å². The minimum Gasteiger partial charge on any atom is -0.480 e. The number of halogens is 3. The summed E-state index contributed by atoms with van der Waals surface area (Å²) in [6.45, 7) is 11.3. The van der Waals surface area contributed by atoms with Crippen LogP contribution in [0, 0.1) is 40.4 Å². The van der Waals surface area contributed by atoms with Crippen molar-refractivity contribution in [2.75, 3.05) is 39.3 Å². The van der Waals surface area contributed by atoms with E-state index in [1.807, 2.05) is 133 Å². The lowest BCUT2D eigenvalue weighted by atomic mass is 10.0. The first kappa shape index (κ1) is 98.6. The van der Waals surface area contributed by atoms with E-state index in [2.05, 4.69) is 31.3 Å². The fourth-order valence-corrected chi connectivity index (χ4v) is 11.2. The number of nitriles is 2. The Morgan fingerprint density at radius 1 is 0.469 bits per heavy atom. The van der Waals surface area contributed by atoms with Gasteiger partial charge in [0.25, 0.3) is 9.05 Å². The van der Waals surface area contributed by atoms with Crippen LogP contribution in [0.25, 0.3) is 0 Å². The Morgan fingerprint density at radius 3 is 1.14 bits per heavy atom. The van der Waals surface area contributed by atoms with Gasteiger partial charge in [-0.25, -0.2) is 40.7 Å². The number of aliphatic hydroxyl groups is 2. The summed E-state index contributed by atoms with van der Waals surface area (Å²) in [5.41, 5.74) is 18.1. The van der Waals surface area contributed by atoms with Crippen molar-refractivity contribution in [3.05, 3.63) is 214 Å². The highest BCUT2D eigenvalue weighted by Crippen LogP contribution is 2.32. The smallest absolute Gasteiger partial charge is 0.408 e. The van der Waals surface area contributed by atoms with Crippen molar-refractivity contribution in [2.45, 2.75) is 128 Å². The summed E-state index contributed by atoms with van der Waals surface area (Å²) in [4.78, 5) is 83.8. The quantitative estimate of drug-likeness (QED) is 0.0132. The molecule has 7 rings (SSSR count). The lowest BCUT2D eigenvalue weighted by Gasteiger charge is -2.20. The average molecular weight is 1660 g/mol. The summed E-state index contributed by atoms with van der Waals surface area (Å²) in [7, 11) is -2.62. The zero-order valence-electron chi connectivity index (χ0n) is 62.3. The van der Waals surface area contributed by atoms with E-state index in [-0.39, 0.29) is 120 Å². The first-order valence-electron chi connectivity index (χ1n) is 34.7. The molecular formula is C78H98Cl3N11O19S2. The fourth-order valence-electron chi connectivity index (χ4n) is 8.98. The number of hydrogen-bond acceptors (Lipinski definition) is 23. The average Bonchev–Trinajstić information content (AvgIpc) is 0.832. The van der Waals surface area contributed by atoms with Gasteiger partial charge in [-0.2, -0.15) is 10.5 Å². The lowest BCUT2D eigenvalue weighted by Crippen LogP contribution is -2.49. The van der Waals surface area contributed by atoms with E-state index >= 15 is 0 Å². The Hall–Kier alpha value is -10.5. The molecule has 612 valence electrons. The second-order valence-electron chi connectivity index (χ2n) is 25.4. The number of sulfonamides is 1. The van der Waals surface area contributed by atoms with Gasteiger partial charge in [-0.1, -0.05) is 175 Å². The van der Waals surface area contributed by atoms with Gasteiger partial charge in [-0.05, 0) is 127 Å². The van der Waals surface area contributed by atoms with Crippen LogP contribution in [0.3, 0.4) is 0 Å². The number of ether oxygens (including phenoxy) is 5. The molecule has 0 fully saturated rings. The standard InChI is InChI=1S/C30H31ClN4O7S.C17H27N3O4.C14H19NO4.C13H7Cl2NO3S.C3H10N2O.CH4/c1-20(2)15-27(35-30(38)41-19-21-7-4-3-5-8-21)29(37)33-17-22(36)18-34-43(39,40)24-13-11-23(12-14-24)42-28-10-6-9-26(31)25(28)16-32;1-12(2)8-15(16(22)19-10-14(21)9-18)20-17(23)24-11-13-6-4-3-5-7-13;1-10(2)8-12(13(16)17)15-14(18)19-9-11-6-4-3-5-7-11;14-12-2-1-3-13(11(12)8-16)19-9-4-6-10(7-5-9)20(15,17)18;4-1-3(6)2-5;/h3-14,20,27,34H,15,17-19H2,1-2H3,(H,33,37)(H,35,38);3-7,12,14-15,21H,8-11,18H2,1-2H3,(H,19,22)(H,20,23);3-7,10,12H,8-9H2,1-2H3,(H,15,18)(H,16,17);1-7H;3,6H,1-2,4-5H2;1H4/t27-;14?,15-;12-;;;/m000.../s1. The highest BCUT2D eigenvalue weighted by Gasteiger charge is 2.27. The molecular weight excluding hydrogens is 1570 g/mol. The summed E-state index contributed by atoms with van der Waals surface area (Å²) in [6.07, 6.45) is -2.33. The van der Waals surface area contributed by atoms with Crippen molar-refractivity contribution in [1.29, 1.82) is 10.5 Å². The summed E-state index contributed by atoms with van der Waals surface area (Å²) in [5.74, 6) is -1.05. The van der Waals surface area contributed by atoms with E-state index in [0.717, 1.165) is 16.7 Å².